The molecule has 1 heterocycles. The monoisotopic (exact) mass is 155 g/mol. The molecule has 62 valence electrons. The molecule has 3 N–H and O–H groups in total. The molecule has 0 aliphatic rings. The van der Waals surface area contributed by atoms with E-state index >= 15 is 0 Å². The zero-order valence-electron chi connectivity index (χ0n) is 6.78. The minimum atomic E-state index is -0.689. The summed E-state index contributed by atoms with van der Waals surface area (Å²) >= 11 is 0. The van der Waals surface area contributed by atoms with E-state index in [2.05, 4.69) is 4.98 Å². The van der Waals surface area contributed by atoms with E-state index in [1.165, 1.54) is 0 Å². The van der Waals surface area contributed by atoms with Crippen molar-refractivity contribution in [1.29, 1.82) is 0 Å². The summed E-state index contributed by atoms with van der Waals surface area (Å²) in [5, 5.41) is 8.92. The molecule has 4 nitrogen and oxygen atoms in total. The first-order chi connectivity index (χ1) is 5.08. The Kier molecular flexibility index (Phi) is 1.97. The Bertz CT molecular complexity index is 242. The molecule has 1 aromatic heterocycles. The molecular formula is C7H13N3O. The van der Waals surface area contributed by atoms with Crippen LogP contribution in [0.25, 0.3) is 0 Å². The van der Waals surface area contributed by atoms with Gasteiger partial charge in [0.2, 0.25) is 0 Å². The molecule has 1 atom stereocenters. The van der Waals surface area contributed by atoms with Crippen LogP contribution in [-0.2, 0) is 12.6 Å². The van der Waals surface area contributed by atoms with Crippen molar-refractivity contribution in [3.05, 3.63) is 18.2 Å². The molecule has 0 aliphatic carbocycles. The number of hydrogen-bond donors (Lipinski definition) is 2. The summed E-state index contributed by atoms with van der Waals surface area (Å²) in [5.74, 6) is 0. The molecule has 0 spiro atoms. The fraction of sp³-hybridized carbons (Fsp3) is 0.571. The van der Waals surface area contributed by atoms with Gasteiger partial charge in [0, 0.05) is 7.05 Å². The summed E-state index contributed by atoms with van der Waals surface area (Å²) in [7, 11) is 1.85. The van der Waals surface area contributed by atoms with E-state index in [9.17, 15) is 0 Å². The third-order valence-corrected chi connectivity index (χ3v) is 1.73. The number of nitrogens with zero attached hydrogens (tertiary/aromatic N) is 2. The van der Waals surface area contributed by atoms with Crippen LogP contribution in [-0.4, -0.2) is 21.3 Å². The van der Waals surface area contributed by atoms with Gasteiger partial charge in [-0.25, -0.2) is 4.98 Å². The van der Waals surface area contributed by atoms with Crippen LogP contribution in [0.4, 0.5) is 0 Å². The number of rotatable bonds is 2. The maximum Gasteiger partial charge on any atom is 0.0946 e. The molecule has 11 heavy (non-hydrogen) atoms. The summed E-state index contributed by atoms with van der Waals surface area (Å²) < 4.78 is 1.80. The Hall–Kier alpha value is -0.870. The number of hydrogen-bond acceptors (Lipinski definition) is 3. The third-order valence-electron chi connectivity index (χ3n) is 1.73. The van der Waals surface area contributed by atoms with Crippen LogP contribution < -0.4 is 5.73 Å². The van der Waals surface area contributed by atoms with E-state index in [1.54, 1.807) is 24.0 Å². The standard InChI is InChI=1S/C7H13N3O/c1-7(8,4-11)6-3-9-5-10(6)2/h3,5,11H,4,8H2,1-2H3. The van der Waals surface area contributed by atoms with Crippen LogP contribution in [0.2, 0.25) is 0 Å². The Balaban J connectivity index is 3.00. The molecule has 0 radical (unpaired) electrons. The molecule has 0 fully saturated rings. The molecular weight excluding hydrogens is 142 g/mol. The smallest absolute Gasteiger partial charge is 0.0946 e. The van der Waals surface area contributed by atoms with Gasteiger partial charge in [-0.05, 0) is 6.92 Å². The Morgan fingerprint density at radius 2 is 2.45 bits per heavy atom. The minimum Gasteiger partial charge on any atom is -0.394 e. The molecule has 1 unspecified atom stereocenters. The summed E-state index contributed by atoms with van der Waals surface area (Å²) in [6.45, 7) is 1.69. The number of nitrogens with two attached hydrogens (primary N) is 1. The van der Waals surface area contributed by atoms with E-state index in [0.717, 1.165) is 5.69 Å². The Labute approximate surface area is 65.7 Å². The maximum atomic E-state index is 8.92. The van der Waals surface area contributed by atoms with Gasteiger partial charge in [-0.2, -0.15) is 0 Å². The average Bonchev–Trinajstić information content (AvgIpc) is 2.36. The molecule has 4 heteroatoms. The molecule has 1 aromatic rings. The highest BCUT2D eigenvalue weighted by molar-refractivity contribution is 5.10. The van der Waals surface area contributed by atoms with Crippen molar-refractivity contribution in [1.82, 2.24) is 9.55 Å². The van der Waals surface area contributed by atoms with Crippen molar-refractivity contribution >= 4 is 0 Å². The maximum absolute atomic E-state index is 8.92. The summed E-state index contributed by atoms with van der Waals surface area (Å²) in [6.07, 6.45) is 3.33. The second kappa shape index (κ2) is 2.64. The lowest BCUT2D eigenvalue weighted by Gasteiger charge is -2.21. The fourth-order valence-corrected chi connectivity index (χ4v) is 0.989. The number of imidazole rings is 1. The van der Waals surface area contributed by atoms with Crippen LogP contribution in [0.15, 0.2) is 12.5 Å². The zero-order valence-corrected chi connectivity index (χ0v) is 6.78. The van der Waals surface area contributed by atoms with Gasteiger partial charge < -0.3 is 15.4 Å². The highest BCUT2D eigenvalue weighted by Crippen LogP contribution is 2.14. The highest BCUT2D eigenvalue weighted by Gasteiger charge is 2.22. The van der Waals surface area contributed by atoms with Crippen LogP contribution in [0.5, 0.6) is 0 Å². The summed E-state index contributed by atoms with van der Waals surface area (Å²) in [4.78, 5) is 3.91. The normalized spacial score (nSPS) is 16.4. The molecule has 0 saturated carbocycles. The van der Waals surface area contributed by atoms with Gasteiger partial charge in [0.1, 0.15) is 0 Å². The first-order valence-corrected chi connectivity index (χ1v) is 3.44. The third kappa shape index (κ3) is 1.41. The van der Waals surface area contributed by atoms with Gasteiger partial charge in [-0.1, -0.05) is 0 Å². The number of aromatic nitrogens is 2. The largest absolute Gasteiger partial charge is 0.394 e. The summed E-state index contributed by atoms with van der Waals surface area (Å²) in [5.41, 5.74) is 5.92. The Morgan fingerprint density at radius 3 is 2.82 bits per heavy atom. The predicted molar refractivity (Wildman–Crippen MR) is 41.8 cm³/mol. The molecule has 1 rings (SSSR count). The van der Waals surface area contributed by atoms with E-state index in [4.69, 9.17) is 10.8 Å². The second-order valence-corrected chi connectivity index (χ2v) is 2.97. The van der Waals surface area contributed by atoms with Crippen molar-refractivity contribution < 1.29 is 5.11 Å². The van der Waals surface area contributed by atoms with Gasteiger partial charge >= 0.3 is 0 Å². The number of aliphatic hydroxyl groups is 1. The van der Waals surface area contributed by atoms with Crippen molar-refractivity contribution in [2.24, 2.45) is 12.8 Å². The van der Waals surface area contributed by atoms with Gasteiger partial charge in [0.25, 0.3) is 0 Å². The topological polar surface area (TPSA) is 64.1 Å². The first kappa shape index (κ1) is 8.23. The fourth-order valence-electron chi connectivity index (χ4n) is 0.989. The van der Waals surface area contributed by atoms with Crippen molar-refractivity contribution in [3.63, 3.8) is 0 Å². The van der Waals surface area contributed by atoms with Crippen LogP contribution in [0, 0.1) is 0 Å². The van der Waals surface area contributed by atoms with Crippen LogP contribution in [0.1, 0.15) is 12.6 Å². The van der Waals surface area contributed by atoms with Crippen molar-refractivity contribution in [2.45, 2.75) is 12.5 Å². The summed E-state index contributed by atoms with van der Waals surface area (Å²) in [6, 6.07) is 0. The zero-order chi connectivity index (χ0) is 8.48. The second-order valence-electron chi connectivity index (χ2n) is 2.97. The quantitative estimate of drug-likeness (QED) is 0.610. The van der Waals surface area contributed by atoms with Gasteiger partial charge in [-0.3, -0.25) is 0 Å². The van der Waals surface area contributed by atoms with Crippen molar-refractivity contribution in [2.75, 3.05) is 6.61 Å². The molecule has 0 amide bonds. The van der Waals surface area contributed by atoms with Gasteiger partial charge in [0.05, 0.1) is 30.4 Å². The Morgan fingerprint density at radius 1 is 1.82 bits per heavy atom. The molecule has 0 saturated heterocycles. The SMILES string of the molecule is Cn1cncc1C(C)(N)CO. The van der Waals surface area contributed by atoms with Gasteiger partial charge in [-0.15, -0.1) is 0 Å². The number of aliphatic hydroxyl groups excluding tert-OH is 1. The minimum absolute atomic E-state index is 0.0769. The predicted octanol–water partition coefficient (Wildman–Crippen LogP) is -0.414. The van der Waals surface area contributed by atoms with E-state index in [1.807, 2.05) is 7.05 Å². The van der Waals surface area contributed by atoms with Crippen molar-refractivity contribution in [3.8, 4) is 0 Å². The average molecular weight is 155 g/mol. The highest BCUT2D eigenvalue weighted by atomic mass is 16.3. The first-order valence-electron chi connectivity index (χ1n) is 3.44. The number of aryl methyl sites for hydroxylation is 1. The van der Waals surface area contributed by atoms with Crippen LogP contribution in [0.3, 0.4) is 0 Å². The lowest BCUT2D eigenvalue weighted by Crippen LogP contribution is -2.38. The van der Waals surface area contributed by atoms with E-state index in [-0.39, 0.29) is 6.61 Å². The lowest BCUT2D eigenvalue weighted by atomic mass is 10.0. The van der Waals surface area contributed by atoms with E-state index < -0.39 is 5.54 Å². The molecule has 0 bridgehead atoms. The van der Waals surface area contributed by atoms with E-state index in [0.29, 0.717) is 0 Å². The molecule has 0 aliphatic heterocycles. The van der Waals surface area contributed by atoms with Crippen LogP contribution >= 0.6 is 0 Å². The van der Waals surface area contributed by atoms with Gasteiger partial charge in [0.15, 0.2) is 0 Å². The lowest BCUT2D eigenvalue weighted by molar-refractivity contribution is 0.204. The molecule has 0 aromatic carbocycles.